The molecule has 1 unspecified atom stereocenters. The maximum absolute atomic E-state index is 11.7. The van der Waals surface area contributed by atoms with E-state index in [2.05, 4.69) is 48.7 Å². The van der Waals surface area contributed by atoms with Crippen molar-refractivity contribution in [3.05, 3.63) is 35.4 Å². The van der Waals surface area contributed by atoms with Crippen molar-refractivity contribution in [2.45, 2.75) is 45.6 Å². The molecule has 3 heteroatoms. The number of hydrogen-bond donors (Lipinski definition) is 2. The zero-order valence-corrected chi connectivity index (χ0v) is 12.6. The first kappa shape index (κ1) is 15.0. The maximum atomic E-state index is 11.7. The summed E-state index contributed by atoms with van der Waals surface area (Å²) in [5.74, 6) is 0.752. The van der Waals surface area contributed by atoms with E-state index in [4.69, 9.17) is 0 Å². The van der Waals surface area contributed by atoms with Crippen LogP contribution in [0.15, 0.2) is 24.3 Å². The topological polar surface area (TPSA) is 41.1 Å². The summed E-state index contributed by atoms with van der Waals surface area (Å²) >= 11 is 0. The molecule has 3 nitrogen and oxygen atoms in total. The van der Waals surface area contributed by atoms with Gasteiger partial charge in [-0.05, 0) is 42.7 Å². The summed E-state index contributed by atoms with van der Waals surface area (Å²) in [5.41, 5.74) is 2.89. The third kappa shape index (κ3) is 4.64. The van der Waals surface area contributed by atoms with Gasteiger partial charge in [0, 0.05) is 12.6 Å². The number of rotatable bonds is 6. The summed E-state index contributed by atoms with van der Waals surface area (Å²) in [7, 11) is 0. The van der Waals surface area contributed by atoms with Crippen LogP contribution in [-0.2, 0) is 17.6 Å². The van der Waals surface area contributed by atoms with Crippen LogP contribution in [0.3, 0.4) is 0 Å². The number of carbonyl (C=O) groups excluding carboxylic acids is 1. The Kier molecular flexibility index (Phi) is 5.60. The van der Waals surface area contributed by atoms with E-state index in [0.717, 1.165) is 32.2 Å². The van der Waals surface area contributed by atoms with E-state index in [1.54, 1.807) is 0 Å². The van der Waals surface area contributed by atoms with Crippen LogP contribution in [-0.4, -0.2) is 25.0 Å². The number of aryl methyl sites for hydroxylation is 1. The fourth-order valence-electron chi connectivity index (χ4n) is 2.67. The lowest BCUT2D eigenvalue weighted by Crippen LogP contribution is -2.42. The van der Waals surface area contributed by atoms with Crippen molar-refractivity contribution < 1.29 is 4.79 Å². The normalized spacial score (nSPS) is 17.9. The van der Waals surface area contributed by atoms with Gasteiger partial charge in [-0.25, -0.2) is 0 Å². The van der Waals surface area contributed by atoms with Crippen molar-refractivity contribution >= 4 is 5.91 Å². The molecule has 1 aliphatic rings. The van der Waals surface area contributed by atoms with Crippen molar-refractivity contribution in [1.82, 2.24) is 10.6 Å². The Hall–Kier alpha value is -1.35. The Morgan fingerprint density at radius 1 is 1.30 bits per heavy atom. The minimum Gasteiger partial charge on any atom is -0.355 e. The Bertz CT molecular complexity index is 442. The highest BCUT2D eigenvalue weighted by Gasteiger charge is 2.18. The van der Waals surface area contributed by atoms with Gasteiger partial charge in [-0.1, -0.05) is 38.1 Å². The van der Waals surface area contributed by atoms with Crippen molar-refractivity contribution in [1.29, 1.82) is 0 Å². The smallest absolute Gasteiger partial charge is 0.233 e. The van der Waals surface area contributed by atoms with Crippen molar-refractivity contribution in [3.63, 3.8) is 0 Å². The van der Waals surface area contributed by atoms with Crippen LogP contribution >= 0.6 is 0 Å². The maximum Gasteiger partial charge on any atom is 0.233 e. The number of benzene rings is 1. The lowest BCUT2D eigenvalue weighted by molar-refractivity contribution is -0.120. The Morgan fingerprint density at radius 2 is 2.05 bits per heavy atom. The molecule has 2 N–H and O–H groups in total. The standard InChI is InChI=1S/C17H26N2O/c1-13(2)9-10-18-17(20)12-19-16-8-7-14-5-3-4-6-15(14)11-16/h3-6,13,16,19H,7-12H2,1-2H3,(H,18,20). The van der Waals surface area contributed by atoms with Crippen LogP contribution in [0.25, 0.3) is 0 Å². The first-order valence-corrected chi connectivity index (χ1v) is 7.72. The average molecular weight is 274 g/mol. The van der Waals surface area contributed by atoms with Gasteiger partial charge in [0.25, 0.3) is 0 Å². The summed E-state index contributed by atoms with van der Waals surface area (Å²) < 4.78 is 0. The Morgan fingerprint density at radius 3 is 2.80 bits per heavy atom. The van der Waals surface area contributed by atoms with Gasteiger partial charge in [0.15, 0.2) is 0 Å². The van der Waals surface area contributed by atoms with Gasteiger partial charge in [-0.15, -0.1) is 0 Å². The van der Waals surface area contributed by atoms with Gasteiger partial charge >= 0.3 is 0 Å². The minimum absolute atomic E-state index is 0.115. The number of fused-ring (bicyclic) bond motifs is 1. The first-order valence-electron chi connectivity index (χ1n) is 7.72. The van der Waals surface area contributed by atoms with E-state index < -0.39 is 0 Å². The Balaban J connectivity index is 1.69. The molecule has 0 saturated carbocycles. The molecule has 1 aromatic rings. The molecule has 0 aromatic heterocycles. The van der Waals surface area contributed by atoms with E-state index in [1.807, 2.05) is 0 Å². The predicted molar refractivity (Wildman–Crippen MR) is 82.7 cm³/mol. The minimum atomic E-state index is 0.115. The lowest BCUT2D eigenvalue weighted by atomic mass is 9.88. The highest BCUT2D eigenvalue weighted by Crippen LogP contribution is 2.20. The van der Waals surface area contributed by atoms with Gasteiger partial charge < -0.3 is 10.6 Å². The molecule has 0 heterocycles. The monoisotopic (exact) mass is 274 g/mol. The van der Waals surface area contributed by atoms with Crippen molar-refractivity contribution in [2.75, 3.05) is 13.1 Å². The molecule has 110 valence electrons. The molecule has 0 saturated heterocycles. The zero-order valence-electron chi connectivity index (χ0n) is 12.6. The molecule has 0 bridgehead atoms. The largest absolute Gasteiger partial charge is 0.355 e. The summed E-state index contributed by atoms with van der Waals surface area (Å²) in [6.45, 7) is 5.56. The number of carbonyl (C=O) groups is 1. The molecular weight excluding hydrogens is 248 g/mol. The van der Waals surface area contributed by atoms with E-state index in [9.17, 15) is 4.79 Å². The summed E-state index contributed by atoms with van der Waals surface area (Å²) in [5, 5.41) is 6.36. The van der Waals surface area contributed by atoms with Gasteiger partial charge in [0.1, 0.15) is 0 Å². The molecule has 0 spiro atoms. The molecule has 0 fully saturated rings. The molecule has 1 aromatic carbocycles. The SMILES string of the molecule is CC(C)CCNC(=O)CNC1CCc2ccccc2C1. The van der Waals surface area contributed by atoms with E-state index >= 15 is 0 Å². The van der Waals surface area contributed by atoms with Gasteiger partial charge in [-0.2, -0.15) is 0 Å². The summed E-state index contributed by atoms with van der Waals surface area (Å²) in [6.07, 6.45) is 4.32. The van der Waals surface area contributed by atoms with Crippen LogP contribution in [0, 0.1) is 5.92 Å². The van der Waals surface area contributed by atoms with Crippen LogP contribution in [0.5, 0.6) is 0 Å². The number of amides is 1. The third-order valence-electron chi connectivity index (χ3n) is 3.94. The number of hydrogen-bond acceptors (Lipinski definition) is 2. The second-order valence-electron chi connectivity index (χ2n) is 6.12. The van der Waals surface area contributed by atoms with Crippen LogP contribution < -0.4 is 10.6 Å². The second kappa shape index (κ2) is 7.44. The fourth-order valence-corrected chi connectivity index (χ4v) is 2.67. The Labute approximate surface area is 122 Å². The fraction of sp³-hybridized carbons (Fsp3) is 0.588. The van der Waals surface area contributed by atoms with E-state index in [1.165, 1.54) is 11.1 Å². The quantitative estimate of drug-likeness (QED) is 0.835. The predicted octanol–water partition coefficient (Wildman–Crippen LogP) is 2.30. The van der Waals surface area contributed by atoms with E-state index in [0.29, 0.717) is 18.5 Å². The van der Waals surface area contributed by atoms with Gasteiger partial charge in [-0.3, -0.25) is 4.79 Å². The average Bonchev–Trinajstić information content (AvgIpc) is 2.44. The number of nitrogens with one attached hydrogen (secondary N) is 2. The molecule has 1 aliphatic carbocycles. The van der Waals surface area contributed by atoms with Crippen molar-refractivity contribution in [3.8, 4) is 0 Å². The van der Waals surface area contributed by atoms with Gasteiger partial charge in [0.05, 0.1) is 6.54 Å². The van der Waals surface area contributed by atoms with Crippen LogP contribution in [0.2, 0.25) is 0 Å². The van der Waals surface area contributed by atoms with Crippen LogP contribution in [0.1, 0.15) is 37.8 Å². The second-order valence-corrected chi connectivity index (χ2v) is 6.12. The molecule has 1 atom stereocenters. The summed E-state index contributed by atoms with van der Waals surface area (Å²) in [4.78, 5) is 11.7. The molecule has 2 rings (SSSR count). The molecule has 0 aliphatic heterocycles. The third-order valence-corrected chi connectivity index (χ3v) is 3.94. The van der Waals surface area contributed by atoms with Crippen LogP contribution in [0.4, 0.5) is 0 Å². The van der Waals surface area contributed by atoms with Gasteiger partial charge in [0.2, 0.25) is 5.91 Å². The zero-order chi connectivity index (χ0) is 14.4. The summed E-state index contributed by atoms with van der Waals surface area (Å²) in [6, 6.07) is 9.05. The molecule has 20 heavy (non-hydrogen) atoms. The molecule has 1 amide bonds. The highest BCUT2D eigenvalue weighted by molar-refractivity contribution is 5.77. The highest BCUT2D eigenvalue weighted by atomic mass is 16.1. The first-order chi connectivity index (χ1) is 9.65. The molecular formula is C17H26N2O. The lowest BCUT2D eigenvalue weighted by Gasteiger charge is -2.25. The van der Waals surface area contributed by atoms with Crippen molar-refractivity contribution in [2.24, 2.45) is 5.92 Å². The molecule has 0 radical (unpaired) electrons. The van der Waals surface area contributed by atoms with E-state index in [-0.39, 0.29) is 5.91 Å².